The van der Waals surface area contributed by atoms with E-state index in [1.54, 1.807) is 16.2 Å². The molecule has 1 atom stereocenters. The molecule has 10 heteroatoms. The van der Waals surface area contributed by atoms with Gasteiger partial charge in [0.05, 0.1) is 32.5 Å². The molecule has 1 amide bonds. The molecule has 1 saturated heterocycles. The Morgan fingerprint density at radius 2 is 2.14 bits per heavy atom. The average Bonchev–Trinajstić information content (AvgIpc) is 2.94. The van der Waals surface area contributed by atoms with Gasteiger partial charge in [-0.15, -0.1) is 11.3 Å². The number of carbonyl (C=O) groups is 1. The van der Waals surface area contributed by atoms with Crippen molar-refractivity contribution < 1.29 is 9.53 Å². The first-order valence-corrected chi connectivity index (χ1v) is 12.1. The highest BCUT2D eigenvalue weighted by molar-refractivity contribution is 9.11. The van der Waals surface area contributed by atoms with Crippen LogP contribution in [-0.2, 0) is 4.74 Å². The topological polar surface area (TPSA) is 82.4 Å². The first-order chi connectivity index (χ1) is 13.6. The molecule has 0 saturated carbocycles. The Labute approximate surface area is 187 Å². The van der Waals surface area contributed by atoms with Gasteiger partial charge in [-0.3, -0.25) is 0 Å². The first kappa shape index (κ1) is 22.1. The number of hydrogen-bond acceptors (Lipinski definition) is 8. The largest absolute Gasteiger partial charge is 0.444 e. The predicted molar refractivity (Wildman–Crippen MR) is 121 cm³/mol. The van der Waals surface area contributed by atoms with E-state index >= 15 is 0 Å². The van der Waals surface area contributed by atoms with Crippen LogP contribution in [0.25, 0.3) is 10.2 Å². The minimum Gasteiger partial charge on any atom is -0.444 e. The lowest BCUT2D eigenvalue weighted by Crippen LogP contribution is -2.56. The van der Waals surface area contributed by atoms with Crippen molar-refractivity contribution in [2.24, 2.45) is 0 Å². The van der Waals surface area contributed by atoms with Crippen LogP contribution in [0.15, 0.2) is 8.94 Å². The average molecular weight is 498 g/mol. The van der Waals surface area contributed by atoms with Gasteiger partial charge in [0.25, 0.3) is 0 Å². The molecule has 29 heavy (non-hydrogen) atoms. The smallest absolute Gasteiger partial charge is 0.410 e. The van der Waals surface area contributed by atoms with Gasteiger partial charge in [0, 0.05) is 25.2 Å². The molecule has 1 aliphatic rings. The number of halogens is 1. The second-order valence-corrected chi connectivity index (χ2v) is 11.0. The first-order valence-electron chi connectivity index (χ1n) is 9.26. The Kier molecular flexibility index (Phi) is 6.61. The van der Waals surface area contributed by atoms with E-state index in [2.05, 4.69) is 31.9 Å². The number of fused-ring (bicyclic) bond motifs is 1. The van der Waals surface area contributed by atoms with E-state index in [0.29, 0.717) is 24.8 Å². The Morgan fingerprint density at radius 1 is 1.41 bits per heavy atom. The summed E-state index contributed by atoms with van der Waals surface area (Å²) < 4.78 is 7.61. The fraction of sp³-hybridized carbons (Fsp3) is 0.579. The molecule has 2 aromatic rings. The minimum absolute atomic E-state index is 0.243. The van der Waals surface area contributed by atoms with Crippen LogP contribution in [0.4, 0.5) is 10.6 Å². The van der Waals surface area contributed by atoms with Crippen molar-refractivity contribution >= 4 is 61.2 Å². The molecular weight excluding hydrogens is 474 g/mol. The van der Waals surface area contributed by atoms with Crippen LogP contribution in [-0.4, -0.2) is 58.5 Å². The number of rotatable bonds is 3. The number of aryl methyl sites for hydroxylation is 1. The van der Waals surface area contributed by atoms with Crippen molar-refractivity contribution in [2.45, 2.75) is 50.9 Å². The maximum Gasteiger partial charge on any atom is 0.410 e. The highest BCUT2D eigenvalue weighted by Gasteiger charge is 2.34. The summed E-state index contributed by atoms with van der Waals surface area (Å²) in [5.74, 6) is 0.866. The predicted octanol–water partition coefficient (Wildman–Crippen LogP) is 4.82. The summed E-state index contributed by atoms with van der Waals surface area (Å²) in [4.78, 5) is 25.9. The van der Waals surface area contributed by atoms with Gasteiger partial charge in [0.15, 0.2) is 11.0 Å². The van der Waals surface area contributed by atoms with Crippen LogP contribution >= 0.6 is 39.0 Å². The van der Waals surface area contributed by atoms with E-state index in [1.807, 2.05) is 34.0 Å². The van der Waals surface area contributed by atoms with Gasteiger partial charge in [0.1, 0.15) is 5.60 Å². The third-order valence-electron chi connectivity index (χ3n) is 4.59. The van der Waals surface area contributed by atoms with Crippen molar-refractivity contribution in [3.63, 3.8) is 0 Å². The van der Waals surface area contributed by atoms with Crippen molar-refractivity contribution in [1.82, 2.24) is 14.9 Å². The van der Waals surface area contributed by atoms with E-state index in [9.17, 15) is 10.1 Å². The molecule has 0 aromatic carbocycles. The number of carbonyl (C=O) groups excluding carboxylic acids is 1. The Morgan fingerprint density at radius 3 is 2.76 bits per heavy atom. The molecule has 3 rings (SSSR count). The van der Waals surface area contributed by atoms with Crippen LogP contribution < -0.4 is 4.90 Å². The van der Waals surface area contributed by atoms with Gasteiger partial charge in [-0.05, 0) is 49.9 Å². The minimum atomic E-state index is -0.571. The molecule has 0 aliphatic carbocycles. The van der Waals surface area contributed by atoms with Crippen molar-refractivity contribution in [2.75, 3.05) is 30.8 Å². The van der Waals surface area contributed by atoms with Gasteiger partial charge >= 0.3 is 6.09 Å². The van der Waals surface area contributed by atoms with Crippen LogP contribution in [0.5, 0.6) is 0 Å². The molecule has 3 heterocycles. The zero-order valence-corrected chi connectivity index (χ0v) is 20.4. The maximum atomic E-state index is 12.6. The highest BCUT2D eigenvalue weighted by Crippen LogP contribution is 2.40. The Bertz CT molecular complexity index is 966. The fourth-order valence-electron chi connectivity index (χ4n) is 3.22. The van der Waals surface area contributed by atoms with Gasteiger partial charge in [-0.2, -0.15) is 5.26 Å². The molecule has 7 nitrogen and oxygen atoms in total. The van der Waals surface area contributed by atoms with E-state index in [4.69, 9.17) is 9.72 Å². The molecule has 1 aliphatic heterocycles. The van der Waals surface area contributed by atoms with Gasteiger partial charge in [0.2, 0.25) is 0 Å². The van der Waals surface area contributed by atoms with E-state index in [-0.39, 0.29) is 18.6 Å². The third kappa shape index (κ3) is 4.78. The van der Waals surface area contributed by atoms with Crippen molar-refractivity contribution in [3.05, 3.63) is 9.35 Å². The number of anilines is 1. The van der Waals surface area contributed by atoms with Crippen LogP contribution in [0.1, 0.15) is 32.8 Å². The summed E-state index contributed by atoms with van der Waals surface area (Å²) in [6.07, 6.45) is 1.83. The number of nitriles is 1. The number of nitrogens with zero attached hydrogens (tertiary/aromatic N) is 5. The number of amides is 1. The number of aromatic nitrogens is 2. The molecule has 0 radical (unpaired) electrons. The normalized spacial score (nSPS) is 17.5. The van der Waals surface area contributed by atoms with E-state index in [0.717, 1.165) is 25.4 Å². The lowest BCUT2D eigenvalue weighted by atomic mass is 10.1. The van der Waals surface area contributed by atoms with Crippen LogP contribution in [0, 0.1) is 18.3 Å². The van der Waals surface area contributed by atoms with E-state index in [1.165, 1.54) is 11.8 Å². The Hall–Kier alpha value is -1.57. The van der Waals surface area contributed by atoms with Gasteiger partial charge in [-0.1, -0.05) is 11.8 Å². The molecular formula is C19H24BrN5O2S2. The SMILES string of the molecule is CSc1nc(N2CCN(C(=O)OC(C)(C)C)[C@@H](CC#N)C2)c2sc(Br)c(C)c2n1. The zero-order chi connectivity index (χ0) is 21.3. The lowest BCUT2D eigenvalue weighted by molar-refractivity contribution is 0.0145. The number of ether oxygens (including phenoxy) is 1. The second kappa shape index (κ2) is 8.66. The third-order valence-corrected chi connectivity index (χ3v) is 7.28. The van der Waals surface area contributed by atoms with Crippen LogP contribution in [0.2, 0.25) is 0 Å². The molecule has 0 N–H and O–H groups in total. The second-order valence-electron chi connectivity index (χ2n) is 7.85. The molecule has 2 aromatic heterocycles. The maximum absolute atomic E-state index is 12.6. The molecule has 0 bridgehead atoms. The molecule has 0 spiro atoms. The number of thiophene rings is 1. The zero-order valence-electron chi connectivity index (χ0n) is 17.2. The number of hydrogen-bond donors (Lipinski definition) is 0. The van der Waals surface area contributed by atoms with Crippen molar-refractivity contribution in [1.29, 1.82) is 5.26 Å². The monoisotopic (exact) mass is 497 g/mol. The summed E-state index contributed by atoms with van der Waals surface area (Å²) in [6, 6.07) is 1.96. The number of thioether (sulfide) groups is 1. The van der Waals surface area contributed by atoms with Gasteiger partial charge in [-0.25, -0.2) is 14.8 Å². The highest BCUT2D eigenvalue weighted by atomic mass is 79.9. The summed E-state index contributed by atoms with van der Waals surface area (Å²) in [5, 5.41) is 10.0. The molecule has 1 fully saturated rings. The standard InChI is InChI=1S/C19H24BrN5O2S2/c1-11-13-14(29-15(11)20)16(23-17(22-13)28-5)24-8-9-25(12(10-24)6-7-21)18(26)27-19(2,3)4/h12H,6,8-10H2,1-5H3/t12-/m0/s1. The molecule has 156 valence electrons. The fourth-order valence-corrected chi connectivity index (χ4v) is 5.24. The van der Waals surface area contributed by atoms with Gasteiger partial charge < -0.3 is 14.5 Å². The van der Waals surface area contributed by atoms with E-state index < -0.39 is 5.60 Å². The lowest BCUT2D eigenvalue weighted by Gasteiger charge is -2.41. The summed E-state index contributed by atoms with van der Waals surface area (Å²) in [5.41, 5.74) is 1.48. The summed E-state index contributed by atoms with van der Waals surface area (Å²) in [6.45, 7) is 9.21. The molecule has 0 unspecified atom stereocenters. The summed E-state index contributed by atoms with van der Waals surface area (Å²) >= 11 is 6.74. The number of piperazine rings is 1. The quantitative estimate of drug-likeness (QED) is 0.443. The van der Waals surface area contributed by atoms with Crippen LogP contribution in [0.3, 0.4) is 0 Å². The Balaban J connectivity index is 1.93. The summed E-state index contributed by atoms with van der Waals surface area (Å²) in [7, 11) is 0. The van der Waals surface area contributed by atoms with Crippen molar-refractivity contribution in [3.8, 4) is 6.07 Å².